The van der Waals surface area contributed by atoms with Crippen molar-refractivity contribution in [2.75, 3.05) is 20.3 Å². The molecule has 0 aliphatic carbocycles. The molecule has 1 atom stereocenters. The Bertz CT molecular complexity index is 639. The molecule has 0 bridgehead atoms. The van der Waals surface area contributed by atoms with Gasteiger partial charge < -0.3 is 13.9 Å². The van der Waals surface area contributed by atoms with E-state index >= 15 is 0 Å². The molecule has 7 heteroatoms. The number of methoxy groups -OCH3 is 1. The fourth-order valence-electron chi connectivity index (χ4n) is 2.37. The number of hydrogen-bond acceptors (Lipinski definition) is 5. The van der Waals surface area contributed by atoms with Gasteiger partial charge in [0.1, 0.15) is 11.4 Å². The summed E-state index contributed by atoms with van der Waals surface area (Å²) in [6.45, 7) is 1.20. The van der Waals surface area contributed by atoms with E-state index in [1.165, 1.54) is 7.11 Å². The van der Waals surface area contributed by atoms with Crippen molar-refractivity contribution in [1.29, 1.82) is 0 Å². The summed E-state index contributed by atoms with van der Waals surface area (Å²) in [6.07, 6.45) is 1.77. The van der Waals surface area contributed by atoms with E-state index in [1.807, 2.05) is 0 Å². The third-order valence-electron chi connectivity index (χ3n) is 3.43. The molecule has 0 N–H and O–H groups in total. The van der Waals surface area contributed by atoms with Crippen LogP contribution in [0, 0.1) is 11.6 Å². The van der Waals surface area contributed by atoms with E-state index in [0.29, 0.717) is 19.1 Å². The predicted molar refractivity (Wildman–Crippen MR) is 69.0 cm³/mol. The Morgan fingerprint density at radius 2 is 2.05 bits per heavy atom. The third-order valence-corrected chi connectivity index (χ3v) is 3.43. The maximum Gasteiger partial charge on any atom is 0.254 e. The van der Waals surface area contributed by atoms with Gasteiger partial charge in [-0.05, 0) is 25.0 Å². The van der Waals surface area contributed by atoms with Gasteiger partial charge >= 0.3 is 0 Å². The smallest absolute Gasteiger partial charge is 0.254 e. The Hall–Kier alpha value is -2.02. The molecule has 1 aromatic heterocycles. The van der Waals surface area contributed by atoms with Crippen molar-refractivity contribution < 1.29 is 22.7 Å². The lowest BCUT2D eigenvalue weighted by molar-refractivity contribution is 0.0727. The van der Waals surface area contributed by atoms with Gasteiger partial charge in [0.2, 0.25) is 5.89 Å². The number of halogens is 2. The summed E-state index contributed by atoms with van der Waals surface area (Å²) < 4.78 is 43.4. The van der Waals surface area contributed by atoms with E-state index in [0.717, 1.165) is 25.0 Å². The maximum absolute atomic E-state index is 14.0. The molecule has 1 saturated heterocycles. The second-order valence-electron chi connectivity index (χ2n) is 4.80. The minimum absolute atomic E-state index is 0.0115. The molecule has 1 aliphatic rings. The van der Waals surface area contributed by atoms with Crippen LogP contribution in [0.1, 0.15) is 24.7 Å². The highest BCUT2D eigenvalue weighted by Crippen LogP contribution is 2.35. The molecule has 0 amide bonds. The SMILES string of the molecule is COc1c(F)ccc(F)c1-c1nnc(C2CCCOC2)o1. The Morgan fingerprint density at radius 3 is 2.76 bits per heavy atom. The average Bonchev–Trinajstić information content (AvgIpc) is 2.99. The van der Waals surface area contributed by atoms with Crippen molar-refractivity contribution in [3.63, 3.8) is 0 Å². The van der Waals surface area contributed by atoms with E-state index < -0.39 is 11.6 Å². The van der Waals surface area contributed by atoms with Gasteiger partial charge in [-0.25, -0.2) is 8.78 Å². The monoisotopic (exact) mass is 296 g/mol. The minimum atomic E-state index is -0.686. The Balaban J connectivity index is 1.98. The van der Waals surface area contributed by atoms with Crippen LogP contribution < -0.4 is 4.74 Å². The zero-order valence-corrected chi connectivity index (χ0v) is 11.4. The molecule has 21 heavy (non-hydrogen) atoms. The van der Waals surface area contributed by atoms with Crippen LogP contribution in [0.25, 0.3) is 11.5 Å². The summed E-state index contributed by atoms with van der Waals surface area (Å²) in [6, 6.07) is 1.99. The summed E-state index contributed by atoms with van der Waals surface area (Å²) in [5.41, 5.74) is -0.159. The van der Waals surface area contributed by atoms with Gasteiger partial charge in [0.15, 0.2) is 11.6 Å². The molecule has 0 radical (unpaired) electrons. The van der Waals surface area contributed by atoms with Crippen LogP contribution in [0.5, 0.6) is 5.75 Å². The topological polar surface area (TPSA) is 57.4 Å². The van der Waals surface area contributed by atoms with Crippen molar-refractivity contribution in [2.45, 2.75) is 18.8 Å². The third kappa shape index (κ3) is 2.61. The molecule has 1 unspecified atom stereocenters. The number of hydrogen-bond donors (Lipinski definition) is 0. The normalized spacial score (nSPS) is 18.7. The molecule has 2 heterocycles. The summed E-state index contributed by atoms with van der Waals surface area (Å²) in [4.78, 5) is 0. The van der Waals surface area contributed by atoms with Crippen LogP contribution in [0.2, 0.25) is 0 Å². The maximum atomic E-state index is 14.0. The molecule has 112 valence electrons. The Morgan fingerprint density at radius 1 is 1.24 bits per heavy atom. The van der Waals surface area contributed by atoms with E-state index in [2.05, 4.69) is 10.2 Å². The van der Waals surface area contributed by atoms with Crippen LogP contribution in [0.3, 0.4) is 0 Å². The van der Waals surface area contributed by atoms with E-state index in [1.54, 1.807) is 0 Å². The van der Waals surface area contributed by atoms with E-state index in [-0.39, 0.29) is 23.1 Å². The van der Waals surface area contributed by atoms with Crippen LogP contribution in [0.4, 0.5) is 8.78 Å². The summed E-state index contributed by atoms with van der Waals surface area (Å²) >= 11 is 0. The predicted octanol–water partition coefficient (Wildman–Crippen LogP) is 2.92. The number of aromatic nitrogens is 2. The Labute approximate surface area is 119 Å². The fraction of sp³-hybridized carbons (Fsp3) is 0.429. The van der Waals surface area contributed by atoms with E-state index in [9.17, 15) is 8.78 Å². The molecular weight excluding hydrogens is 282 g/mol. The first-order valence-electron chi connectivity index (χ1n) is 6.64. The van der Waals surface area contributed by atoms with Gasteiger partial charge in [0, 0.05) is 6.61 Å². The van der Waals surface area contributed by atoms with Crippen LogP contribution in [-0.2, 0) is 4.74 Å². The largest absolute Gasteiger partial charge is 0.493 e. The first-order valence-corrected chi connectivity index (χ1v) is 6.64. The Kier molecular flexibility index (Phi) is 3.83. The highest BCUT2D eigenvalue weighted by Gasteiger charge is 2.26. The van der Waals surface area contributed by atoms with Gasteiger partial charge in [-0.15, -0.1) is 10.2 Å². The van der Waals surface area contributed by atoms with Gasteiger partial charge in [0.05, 0.1) is 19.6 Å². The molecule has 3 rings (SSSR count). The second-order valence-corrected chi connectivity index (χ2v) is 4.80. The first-order chi connectivity index (χ1) is 10.2. The van der Waals surface area contributed by atoms with Gasteiger partial charge in [-0.1, -0.05) is 0 Å². The van der Waals surface area contributed by atoms with Gasteiger partial charge in [-0.2, -0.15) is 0 Å². The molecule has 1 fully saturated rings. The highest BCUT2D eigenvalue weighted by atomic mass is 19.1. The van der Waals surface area contributed by atoms with Crippen molar-refractivity contribution >= 4 is 0 Å². The highest BCUT2D eigenvalue weighted by molar-refractivity contribution is 5.63. The van der Waals surface area contributed by atoms with Crippen LogP contribution >= 0.6 is 0 Å². The lowest BCUT2D eigenvalue weighted by atomic mass is 10.0. The van der Waals surface area contributed by atoms with Crippen LogP contribution in [-0.4, -0.2) is 30.5 Å². The molecule has 0 spiro atoms. The summed E-state index contributed by atoms with van der Waals surface area (Å²) in [5.74, 6) is -1.34. The average molecular weight is 296 g/mol. The molecule has 2 aromatic rings. The minimum Gasteiger partial charge on any atom is -0.493 e. The zero-order valence-electron chi connectivity index (χ0n) is 11.4. The molecule has 1 aromatic carbocycles. The lowest BCUT2D eigenvalue weighted by Gasteiger charge is -2.18. The van der Waals surface area contributed by atoms with Crippen molar-refractivity contribution in [1.82, 2.24) is 10.2 Å². The first kappa shape index (κ1) is 13.9. The fourth-order valence-corrected chi connectivity index (χ4v) is 2.37. The molecule has 5 nitrogen and oxygen atoms in total. The number of benzene rings is 1. The van der Waals surface area contributed by atoms with Crippen molar-refractivity contribution in [2.24, 2.45) is 0 Å². The summed E-state index contributed by atoms with van der Waals surface area (Å²) in [7, 11) is 1.26. The van der Waals surface area contributed by atoms with Gasteiger partial charge in [0.25, 0.3) is 5.89 Å². The molecular formula is C14H14F2N2O3. The lowest BCUT2D eigenvalue weighted by Crippen LogP contribution is -2.15. The molecule has 1 aliphatic heterocycles. The quantitative estimate of drug-likeness (QED) is 0.871. The van der Waals surface area contributed by atoms with E-state index in [4.69, 9.17) is 13.9 Å². The molecule has 0 saturated carbocycles. The zero-order chi connectivity index (χ0) is 14.8. The van der Waals surface area contributed by atoms with Crippen LogP contribution in [0.15, 0.2) is 16.5 Å². The number of nitrogens with zero attached hydrogens (tertiary/aromatic N) is 2. The van der Waals surface area contributed by atoms with Crippen molar-refractivity contribution in [3.05, 3.63) is 29.7 Å². The number of rotatable bonds is 3. The second kappa shape index (κ2) is 5.77. The standard InChI is InChI=1S/C14H14F2N2O3/c1-19-12-10(16)5-4-9(15)11(12)14-18-17-13(21-14)8-3-2-6-20-7-8/h4-5,8H,2-3,6-7H2,1H3. The van der Waals surface area contributed by atoms with Crippen molar-refractivity contribution in [3.8, 4) is 17.2 Å². The number of ether oxygens (including phenoxy) is 2. The summed E-state index contributed by atoms with van der Waals surface area (Å²) in [5, 5.41) is 7.73. The van der Waals surface area contributed by atoms with Gasteiger partial charge in [-0.3, -0.25) is 0 Å².